The molecule has 1 aromatic rings. The quantitative estimate of drug-likeness (QED) is 0.712. The zero-order valence-corrected chi connectivity index (χ0v) is 15.7. The molecule has 1 unspecified atom stereocenters. The molecule has 0 radical (unpaired) electrons. The van der Waals surface area contributed by atoms with Crippen molar-refractivity contribution in [2.45, 2.75) is 42.5 Å². The Balaban J connectivity index is 2.35. The van der Waals surface area contributed by atoms with Gasteiger partial charge in [-0.3, -0.25) is 4.79 Å². The van der Waals surface area contributed by atoms with Gasteiger partial charge in [-0.05, 0) is 37.0 Å². The second-order valence-corrected chi connectivity index (χ2v) is 9.92. The largest absolute Gasteiger partial charge is 0.480 e. The number of carbonyl (C=O) groups is 1. The van der Waals surface area contributed by atoms with E-state index in [4.69, 9.17) is 5.11 Å². The molecule has 1 aliphatic rings. The Hall–Kier alpha value is -1.49. The van der Waals surface area contributed by atoms with E-state index < -0.39 is 38.0 Å². The lowest BCUT2D eigenvalue weighted by Crippen LogP contribution is -2.44. The Morgan fingerprint density at radius 3 is 2.20 bits per heavy atom. The standard InChI is InChI=1S/C15H22N2O6S2/c1-11(2)14(15(18)19)16-24(20,21)12-6-5-7-13(10-12)25(22,23)17-8-3-4-9-17/h5-7,10-11,14,16H,3-4,8-9H2,1-2H3,(H,18,19). The van der Waals surface area contributed by atoms with Crippen LogP contribution in [0, 0.1) is 5.92 Å². The van der Waals surface area contributed by atoms with Crippen LogP contribution in [-0.4, -0.2) is 51.3 Å². The van der Waals surface area contributed by atoms with E-state index in [1.807, 2.05) is 0 Å². The maximum Gasteiger partial charge on any atom is 0.322 e. The first-order chi connectivity index (χ1) is 11.6. The Morgan fingerprint density at radius 1 is 1.12 bits per heavy atom. The lowest BCUT2D eigenvalue weighted by atomic mass is 10.1. The Kier molecular flexibility index (Phi) is 5.87. The van der Waals surface area contributed by atoms with Crippen molar-refractivity contribution in [1.82, 2.24) is 9.03 Å². The van der Waals surface area contributed by atoms with Crippen LogP contribution >= 0.6 is 0 Å². The van der Waals surface area contributed by atoms with E-state index in [0.29, 0.717) is 13.1 Å². The minimum absolute atomic E-state index is 0.117. The molecule has 1 atom stereocenters. The number of carboxylic acid groups (broad SMARTS) is 1. The van der Waals surface area contributed by atoms with Gasteiger partial charge in [0, 0.05) is 13.1 Å². The maximum atomic E-state index is 12.6. The molecule has 8 nitrogen and oxygen atoms in total. The first kappa shape index (κ1) is 19.8. The van der Waals surface area contributed by atoms with Gasteiger partial charge < -0.3 is 5.11 Å². The average Bonchev–Trinajstić information content (AvgIpc) is 3.07. The second kappa shape index (κ2) is 7.40. The highest BCUT2D eigenvalue weighted by molar-refractivity contribution is 7.90. The van der Waals surface area contributed by atoms with Gasteiger partial charge in [0.15, 0.2) is 0 Å². The van der Waals surface area contributed by atoms with Gasteiger partial charge in [0.1, 0.15) is 6.04 Å². The highest BCUT2D eigenvalue weighted by atomic mass is 32.2. The van der Waals surface area contributed by atoms with Crippen LogP contribution in [-0.2, 0) is 24.8 Å². The highest BCUT2D eigenvalue weighted by Gasteiger charge is 2.31. The zero-order chi connectivity index (χ0) is 18.8. The zero-order valence-electron chi connectivity index (χ0n) is 14.0. The number of sulfonamides is 2. The number of nitrogens with zero attached hydrogens (tertiary/aromatic N) is 1. The summed E-state index contributed by atoms with van der Waals surface area (Å²) in [5, 5.41) is 9.15. The van der Waals surface area contributed by atoms with Gasteiger partial charge in [-0.1, -0.05) is 19.9 Å². The first-order valence-electron chi connectivity index (χ1n) is 7.91. The van der Waals surface area contributed by atoms with E-state index in [1.165, 1.54) is 22.5 Å². The summed E-state index contributed by atoms with van der Waals surface area (Å²) in [6.07, 6.45) is 1.54. The predicted molar refractivity (Wildman–Crippen MR) is 91.0 cm³/mol. The van der Waals surface area contributed by atoms with E-state index in [1.54, 1.807) is 13.8 Å². The van der Waals surface area contributed by atoms with Gasteiger partial charge in [-0.15, -0.1) is 0 Å². The minimum atomic E-state index is -4.17. The summed E-state index contributed by atoms with van der Waals surface area (Å²) >= 11 is 0. The number of nitrogens with one attached hydrogen (secondary N) is 1. The van der Waals surface area contributed by atoms with E-state index >= 15 is 0 Å². The lowest BCUT2D eigenvalue weighted by molar-refractivity contribution is -0.140. The van der Waals surface area contributed by atoms with Gasteiger partial charge in [0.05, 0.1) is 9.79 Å². The van der Waals surface area contributed by atoms with E-state index in [2.05, 4.69) is 4.72 Å². The van der Waals surface area contributed by atoms with Crippen LogP contribution < -0.4 is 4.72 Å². The van der Waals surface area contributed by atoms with Gasteiger partial charge in [-0.25, -0.2) is 16.8 Å². The number of carboxylic acids is 1. The minimum Gasteiger partial charge on any atom is -0.480 e. The summed E-state index contributed by atoms with van der Waals surface area (Å²) < 4.78 is 53.5. The molecular weight excluding hydrogens is 368 g/mol. The predicted octanol–water partition coefficient (Wildman–Crippen LogP) is 0.859. The first-order valence-corrected chi connectivity index (χ1v) is 10.8. The van der Waals surface area contributed by atoms with Crippen molar-refractivity contribution in [2.75, 3.05) is 13.1 Å². The molecule has 0 amide bonds. The average molecular weight is 390 g/mol. The molecule has 1 fully saturated rings. The normalized spacial score (nSPS) is 17.7. The maximum absolute atomic E-state index is 12.6. The number of hydrogen-bond acceptors (Lipinski definition) is 5. The summed E-state index contributed by atoms with van der Waals surface area (Å²) in [7, 11) is -7.93. The van der Waals surface area contributed by atoms with Gasteiger partial charge >= 0.3 is 5.97 Å². The van der Waals surface area contributed by atoms with Gasteiger partial charge in [0.25, 0.3) is 0 Å². The van der Waals surface area contributed by atoms with Crippen LogP contribution in [0.3, 0.4) is 0 Å². The summed E-state index contributed by atoms with van der Waals surface area (Å²) in [6, 6.07) is 3.68. The van der Waals surface area contributed by atoms with Crippen LogP contribution in [0.25, 0.3) is 0 Å². The van der Waals surface area contributed by atoms with Crippen molar-refractivity contribution in [1.29, 1.82) is 0 Å². The molecule has 0 aliphatic carbocycles. The molecule has 2 N–H and O–H groups in total. The number of benzene rings is 1. The molecule has 0 aromatic heterocycles. The molecule has 1 heterocycles. The molecule has 2 rings (SSSR count). The Labute approximate surface area is 147 Å². The molecule has 10 heteroatoms. The third kappa shape index (κ3) is 4.38. The van der Waals surface area contributed by atoms with Gasteiger partial charge in [0.2, 0.25) is 20.0 Å². The summed E-state index contributed by atoms with van der Waals surface area (Å²) in [6.45, 7) is 3.98. The Morgan fingerprint density at radius 2 is 1.68 bits per heavy atom. The van der Waals surface area contributed by atoms with Crippen LogP contribution in [0.4, 0.5) is 0 Å². The summed E-state index contributed by atoms with van der Waals surface area (Å²) in [4.78, 5) is 10.8. The highest BCUT2D eigenvalue weighted by Crippen LogP contribution is 2.23. The molecule has 0 saturated carbocycles. The van der Waals surface area contributed by atoms with Gasteiger partial charge in [-0.2, -0.15) is 9.03 Å². The SMILES string of the molecule is CC(C)C(NS(=O)(=O)c1cccc(S(=O)(=O)N2CCCC2)c1)C(=O)O. The third-order valence-electron chi connectivity index (χ3n) is 4.03. The lowest BCUT2D eigenvalue weighted by Gasteiger charge is -2.19. The topological polar surface area (TPSA) is 121 Å². The molecule has 1 aromatic carbocycles. The van der Waals surface area contributed by atoms with Crippen LogP contribution in [0.15, 0.2) is 34.1 Å². The summed E-state index contributed by atoms with van der Waals surface area (Å²) in [5.41, 5.74) is 0. The number of aliphatic carboxylic acids is 1. The molecule has 25 heavy (non-hydrogen) atoms. The fourth-order valence-corrected chi connectivity index (χ4v) is 5.61. The van der Waals surface area contributed by atoms with Crippen LogP contribution in [0.1, 0.15) is 26.7 Å². The molecule has 1 aliphatic heterocycles. The molecule has 0 spiro atoms. The van der Waals surface area contributed by atoms with Crippen LogP contribution in [0.5, 0.6) is 0 Å². The number of hydrogen-bond donors (Lipinski definition) is 2. The fourth-order valence-electron chi connectivity index (χ4n) is 2.59. The Bertz CT molecular complexity index is 843. The van der Waals surface area contributed by atoms with E-state index in [0.717, 1.165) is 18.9 Å². The fraction of sp³-hybridized carbons (Fsp3) is 0.533. The van der Waals surface area contributed by atoms with Crippen LogP contribution in [0.2, 0.25) is 0 Å². The van der Waals surface area contributed by atoms with Crippen molar-refractivity contribution in [3.05, 3.63) is 24.3 Å². The summed E-state index contributed by atoms with van der Waals surface area (Å²) in [5.74, 6) is -1.76. The molecule has 140 valence electrons. The van der Waals surface area contributed by atoms with Crippen molar-refractivity contribution < 1.29 is 26.7 Å². The smallest absolute Gasteiger partial charge is 0.322 e. The van der Waals surface area contributed by atoms with Crippen molar-refractivity contribution in [3.63, 3.8) is 0 Å². The monoisotopic (exact) mass is 390 g/mol. The van der Waals surface area contributed by atoms with E-state index in [9.17, 15) is 21.6 Å². The molecular formula is C15H22N2O6S2. The van der Waals surface area contributed by atoms with Crippen molar-refractivity contribution >= 4 is 26.0 Å². The third-order valence-corrected chi connectivity index (χ3v) is 7.37. The van der Waals surface area contributed by atoms with Crippen molar-refractivity contribution in [3.8, 4) is 0 Å². The van der Waals surface area contributed by atoms with Crippen molar-refractivity contribution in [2.24, 2.45) is 5.92 Å². The number of rotatable bonds is 7. The molecule has 0 bridgehead atoms. The van der Waals surface area contributed by atoms with E-state index in [-0.39, 0.29) is 9.79 Å². The second-order valence-electron chi connectivity index (χ2n) is 6.27. The molecule has 1 saturated heterocycles.